The van der Waals surface area contributed by atoms with Crippen molar-refractivity contribution in [3.8, 4) is 0 Å². The van der Waals surface area contributed by atoms with Crippen molar-refractivity contribution in [1.82, 2.24) is 10.6 Å². The van der Waals surface area contributed by atoms with E-state index in [2.05, 4.69) is 17.6 Å². The molecule has 0 bridgehead atoms. The predicted octanol–water partition coefficient (Wildman–Crippen LogP) is 0.675. The van der Waals surface area contributed by atoms with Crippen LogP contribution >= 0.6 is 0 Å². The van der Waals surface area contributed by atoms with Crippen LogP contribution in [0.3, 0.4) is 0 Å². The van der Waals surface area contributed by atoms with Gasteiger partial charge >= 0.3 is 0 Å². The number of unbranched alkanes of at least 4 members (excludes halogenated alkanes) is 2. The summed E-state index contributed by atoms with van der Waals surface area (Å²) in [6.07, 6.45) is 3.70. The third-order valence-electron chi connectivity index (χ3n) is 2.22. The first-order chi connectivity index (χ1) is 6.67. The van der Waals surface area contributed by atoms with E-state index in [4.69, 9.17) is 0 Å². The smallest absolute Gasteiger partial charge is 0.232 e. The molecule has 0 saturated heterocycles. The second-order valence-electron chi connectivity index (χ2n) is 3.28. The molecule has 4 heteroatoms. The average Bonchev–Trinajstić information content (AvgIpc) is 2.22. The van der Waals surface area contributed by atoms with E-state index in [0.717, 1.165) is 19.3 Å². The van der Waals surface area contributed by atoms with Gasteiger partial charge in [-0.05, 0) is 6.42 Å². The molecule has 0 aliphatic rings. The molecule has 0 heterocycles. The Morgan fingerprint density at radius 1 is 1.07 bits per heavy atom. The minimum atomic E-state index is -0.531. The number of nitrogens with one attached hydrogen (secondary N) is 2. The number of rotatable bonds is 6. The Morgan fingerprint density at radius 3 is 1.93 bits per heavy atom. The highest BCUT2D eigenvalue weighted by Gasteiger charge is 2.23. The van der Waals surface area contributed by atoms with Gasteiger partial charge in [0.2, 0.25) is 11.8 Å². The van der Waals surface area contributed by atoms with Gasteiger partial charge in [-0.3, -0.25) is 9.59 Å². The van der Waals surface area contributed by atoms with Crippen molar-refractivity contribution in [3.05, 3.63) is 0 Å². The molecule has 2 amide bonds. The summed E-state index contributed by atoms with van der Waals surface area (Å²) < 4.78 is 0. The summed E-state index contributed by atoms with van der Waals surface area (Å²) in [5, 5.41) is 5.01. The fourth-order valence-electron chi connectivity index (χ4n) is 1.33. The second kappa shape index (κ2) is 7.35. The summed E-state index contributed by atoms with van der Waals surface area (Å²) in [6.45, 7) is 2.09. The van der Waals surface area contributed by atoms with Gasteiger partial charge in [-0.15, -0.1) is 0 Å². The van der Waals surface area contributed by atoms with Crippen molar-refractivity contribution >= 4 is 11.8 Å². The Labute approximate surface area is 85.4 Å². The Kier molecular flexibility index (Phi) is 6.80. The second-order valence-corrected chi connectivity index (χ2v) is 3.28. The topological polar surface area (TPSA) is 58.2 Å². The molecule has 14 heavy (non-hydrogen) atoms. The molecule has 0 spiro atoms. The standard InChI is InChI=1S/C10H20N2O2/c1-4-5-6-7-8(9(13)11-2)10(14)12-3/h8H,4-7H2,1-3H3,(H,11,13)(H,12,14). The van der Waals surface area contributed by atoms with Crippen LogP contribution < -0.4 is 10.6 Å². The maximum absolute atomic E-state index is 11.3. The minimum Gasteiger partial charge on any atom is -0.358 e. The van der Waals surface area contributed by atoms with Gasteiger partial charge in [0.25, 0.3) is 0 Å². The normalized spacial score (nSPS) is 10.0. The molecule has 0 aliphatic carbocycles. The lowest BCUT2D eigenvalue weighted by molar-refractivity contribution is -0.135. The maximum Gasteiger partial charge on any atom is 0.232 e. The minimum absolute atomic E-state index is 0.194. The third kappa shape index (κ3) is 4.25. The highest BCUT2D eigenvalue weighted by molar-refractivity contribution is 5.99. The molecule has 0 radical (unpaired) electrons. The molecule has 0 unspecified atom stereocenters. The van der Waals surface area contributed by atoms with Crippen LogP contribution in [-0.2, 0) is 9.59 Å². The number of hydrogen-bond donors (Lipinski definition) is 2. The number of amides is 2. The fraction of sp³-hybridized carbons (Fsp3) is 0.800. The zero-order chi connectivity index (χ0) is 11.0. The number of carbonyl (C=O) groups excluding carboxylic acids is 2. The van der Waals surface area contributed by atoms with Gasteiger partial charge in [-0.2, -0.15) is 0 Å². The fourth-order valence-corrected chi connectivity index (χ4v) is 1.33. The largest absolute Gasteiger partial charge is 0.358 e. The zero-order valence-corrected chi connectivity index (χ0v) is 9.22. The lowest BCUT2D eigenvalue weighted by Gasteiger charge is -2.13. The first-order valence-electron chi connectivity index (χ1n) is 5.10. The van der Waals surface area contributed by atoms with E-state index in [9.17, 15) is 9.59 Å². The van der Waals surface area contributed by atoms with Crippen molar-refractivity contribution in [2.45, 2.75) is 32.6 Å². The molecular weight excluding hydrogens is 180 g/mol. The first-order valence-corrected chi connectivity index (χ1v) is 5.10. The highest BCUT2D eigenvalue weighted by Crippen LogP contribution is 2.10. The first kappa shape index (κ1) is 12.9. The average molecular weight is 200 g/mol. The SMILES string of the molecule is CCCCCC(C(=O)NC)C(=O)NC. The van der Waals surface area contributed by atoms with Gasteiger partial charge in [0.1, 0.15) is 5.92 Å². The molecule has 82 valence electrons. The van der Waals surface area contributed by atoms with Gasteiger partial charge in [0, 0.05) is 14.1 Å². The number of hydrogen-bond acceptors (Lipinski definition) is 2. The van der Waals surface area contributed by atoms with Crippen LogP contribution in [0.4, 0.5) is 0 Å². The Bertz CT molecular complexity index is 177. The molecule has 0 atom stereocenters. The summed E-state index contributed by atoms with van der Waals surface area (Å²) in [5.74, 6) is -0.919. The van der Waals surface area contributed by atoms with Crippen molar-refractivity contribution in [1.29, 1.82) is 0 Å². The molecule has 0 fully saturated rings. The van der Waals surface area contributed by atoms with Crippen LogP contribution in [0.25, 0.3) is 0 Å². The molecule has 2 N–H and O–H groups in total. The molecule has 4 nitrogen and oxygen atoms in total. The Morgan fingerprint density at radius 2 is 1.57 bits per heavy atom. The Hall–Kier alpha value is -1.06. The van der Waals surface area contributed by atoms with E-state index in [1.165, 1.54) is 0 Å². The van der Waals surface area contributed by atoms with Crippen molar-refractivity contribution in [2.24, 2.45) is 5.92 Å². The van der Waals surface area contributed by atoms with Gasteiger partial charge < -0.3 is 10.6 Å². The van der Waals surface area contributed by atoms with E-state index >= 15 is 0 Å². The van der Waals surface area contributed by atoms with Gasteiger partial charge in [0.05, 0.1) is 0 Å². The molecular formula is C10H20N2O2. The molecule has 0 saturated carbocycles. The Balaban J connectivity index is 4.11. The van der Waals surface area contributed by atoms with Crippen LogP contribution in [0.5, 0.6) is 0 Å². The van der Waals surface area contributed by atoms with Crippen molar-refractivity contribution < 1.29 is 9.59 Å². The molecule has 0 aromatic rings. The van der Waals surface area contributed by atoms with Crippen molar-refractivity contribution in [2.75, 3.05) is 14.1 Å². The van der Waals surface area contributed by atoms with Crippen LogP contribution in [0.2, 0.25) is 0 Å². The van der Waals surface area contributed by atoms with E-state index in [0.29, 0.717) is 6.42 Å². The highest BCUT2D eigenvalue weighted by atomic mass is 16.2. The quantitative estimate of drug-likeness (QED) is 0.489. The summed E-state index contributed by atoms with van der Waals surface area (Å²) >= 11 is 0. The van der Waals surface area contributed by atoms with Gasteiger partial charge in [0.15, 0.2) is 0 Å². The van der Waals surface area contributed by atoms with Crippen LogP contribution in [0, 0.1) is 5.92 Å². The van der Waals surface area contributed by atoms with E-state index < -0.39 is 5.92 Å². The lowest BCUT2D eigenvalue weighted by atomic mass is 9.99. The van der Waals surface area contributed by atoms with Crippen LogP contribution in [0.15, 0.2) is 0 Å². The van der Waals surface area contributed by atoms with Crippen molar-refractivity contribution in [3.63, 3.8) is 0 Å². The van der Waals surface area contributed by atoms with E-state index in [-0.39, 0.29) is 11.8 Å². The number of carbonyl (C=O) groups is 2. The monoisotopic (exact) mass is 200 g/mol. The predicted molar refractivity (Wildman–Crippen MR) is 55.8 cm³/mol. The summed E-state index contributed by atoms with van der Waals surface area (Å²) in [6, 6.07) is 0. The zero-order valence-electron chi connectivity index (χ0n) is 9.22. The molecule has 0 aromatic heterocycles. The lowest BCUT2D eigenvalue weighted by Crippen LogP contribution is -2.38. The van der Waals surface area contributed by atoms with E-state index in [1.807, 2.05) is 0 Å². The third-order valence-corrected chi connectivity index (χ3v) is 2.22. The van der Waals surface area contributed by atoms with Gasteiger partial charge in [-0.25, -0.2) is 0 Å². The summed E-state index contributed by atoms with van der Waals surface area (Å²) in [7, 11) is 3.11. The van der Waals surface area contributed by atoms with Crippen LogP contribution in [0.1, 0.15) is 32.6 Å². The van der Waals surface area contributed by atoms with E-state index in [1.54, 1.807) is 14.1 Å². The molecule has 0 rings (SSSR count). The maximum atomic E-state index is 11.3. The van der Waals surface area contributed by atoms with Gasteiger partial charge in [-0.1, -0.05) is 26.2 Å². The molecule has 0 aromatic carbocycles. The summed E-state index contributed by atoms with van der Waals surface area (Å²) in [5.41, 5.74) is 0. The summed E-state index contributed by atoms with van der Waals surface area (Å²) in [4.78, 5) is 22.7. The van der Waals surface area contributed by atoms with Crippen LogP contribution in [-0.4, -0.2) is 25.9 Å². The molecule has 0 aliphatic heterocycles.